The summed E-state index contributed by atoms with van der Waals surface area (Å²) in [5.41, 5.74) is 0.969. The highest BCUT2D eigenvalue weighted by Crippen LogP contribution is 2.33. The summed E-state index contributed by atoms with van der Waals surface area (Å²) in [6.07, 6.45) is 0. The Morgan fingerprint density at radius 3 is 2.19 bits per heavy atom. The van der Waals surface area contributed by atoms with Gasteiger partial charge in [0.1, 0.15) is 0 Å². The summed E-state index contributed by atoms with van der Waals surface area (Å²) in [7, 11) is -3.67. The summed E-state index contributed by atoms with van der Waals surface area (Å²) < 4.78 is 25.2. The molecule has 6 heteroatoms. The van der Waals surface area contributed by atoms with E-state index in [0.717, 1.165) is 5.56 Å². The average Bonchev–Trinajstić information content (AvgIpc) is 2.46. The van der Waals surface area contributed by atoms with Crippen LogP contribution in [-0.4, -0.2) is 13.3 Å². The van der Waals surface area contributed by atoms with E-state index in [1.165, 1.54) is 37.3 Å². The van der Waals surface area contributed by atoms with Crippen LogP contribution in [-0.2, 0) is 9.84 Å². The minimum Gasteiger partial charge on any atom is -0.258 e. The van der Waals surface area contributed by atoms with Gasteiger partial charge in [-0.3, -0.25) is 10.1 Å². The molecule has 0 saturated carbocycles. The van der Waals surface area contributed by atoms with E-state index in [1.807, 2.05) is 6.92 Å². The van der Waals surface area contributed by atoms with E-state index in [4.69, 9.17) is 0 Å². The lowest BCUT2D eigenvalue weighted by molar-refractivity contribution is -0.385. The smallest absolute Gasteiger partial charge is 0.258 e. The quantitative estimate of drug-likeness (QED) is 0.640. The van der Waals surface area contributed by atoms with Crippen LogP contribution in [0.2, 0.25) is 0 Å². The second-order valence-electron chi connectivity index (χ2n) is 4.82. The third-order valence-corrected chi connectivity index (χ3v) is 5.50. The molecule has 0 N–H and O–H groups in total. The second kappa shape index (κ2) is 5.65. The van der Waals surface area contributed by atoms with Crippen molar-refractivity contribution in [3.05, 3.63) is 69.8 Å². The highest BCUT2D eigenvalue weighted by Gasteiger charge is 2.30. The van der Waals surface area contributed by atoms with Crippen LogP contribution in [0.25, 0.3) is 0 Å². The van der Waals surface area contributed by atoms with Crippen LogP contribution in [0.3, 0.4) is 0 Å². The molecule has 0 heterocycles. The number of benzene rings is 2. The van der Waals surface area contributed by atoms with Gasteiger partial charge in [-0.2, -0.15) is 0 Å². The van der Waals surface area contributed by atoms with Crippen LogP contribution in [0.4, 0.5) is 5.69 Å². The van der Waals surface area contributed by atoms with Crippen LogP contribution in [0.1, 0.15) is 23.3 Å². The van der Waals surface area contributed by atoms with Crippen molar-refractivity contribution in [2.75, 3.05) is 0 Å². The van der Waals surface area contributed by atoms with Crippen molar-refractivity contribution < 1.29 is 13.3 Å². The van der Waals surface area contributed by atoms with Gasteiger partial charge in [-0.1, -0.05) is 35.9 Å². The van der Waals surface area contributed by atoms with Crippen molar-refractivity contribution in [3.63, 3.8) is 0 Å². The Hall–Kier alpha value is -2.21. The van der Waals surface area contributed by atoms with E-state index < -0.39 is 20.0 Å². The Balaban J connectivity index is 2.51. The Morgan fingerprint density at radius 1 is 1.05 bits per heavy atom. The molecule has 0 saturated heterocycles. The molecule has 0 aromatic heterocycles. The summed E-state index contributed by atoms with van der Waals surface area (Å²) in [4.78, 5) is 10.7. The maximum atomic E-state index is 12.6. The highest BCUT2D eigenvalue weighted by atomic mass is 32.2. The normalized spacial score (nSPS) is 12.9. The zero-order chi connectivity index (χ0) is 15.6. The van der Waals surface area contributed by atoms with Crippen LogP contribution < -0.4 is 0 Å². The first-order chi connectivity index (χ1) is 9.84. The van der Waals surface area contributed by atoms with Gasteiger partial charge in [-0.05, 0) is 26.0 Å². The number of hydrogen-bond donors (Lipinski definition) is 0. The number of nitrogens with zero attached hydrogens (tertiary/aromatic N) is 1. The van der Waals surface area contributed by atoms with Crippen LogP contribution >= 0.6 is 0 Å². The monoisotopic (exact) mass is 305 g/mol. The van der Waals surface area contributed by atoms with Gasteiger partial charge < -0.3 is 0 Å². The van der Waals surface area contributed by atoms with Crippen molar-refractivity contribution >= 4 is 15.5 Å². The topological polar surface area (TPSA) is 77.3 Å². The Morgan fingerprint density at radius 2 is 1.62 bits per heavy atom. The Labute approximate surface area is 123 Å². The second-order valence-corrected chi connectivity index (χ2v) is 7.08. The van der Waals surface area contributed by atoms with E-state index in [2.05, 4.69) is 0 Å². The van der Waals surface area contributed by atoms with Gasteiger partial charge in [0, 0.05) is 11.6 Å². The molecule has 1 unspecified atom stereocenters. The van der Waals surface area contributed by atoms with E-state index in [9.17, 15) is 18.5 Å². The zero-order valence-corrected chi connectivity index (χ0v) is 12.5. The van der Waals surface area contributed by atoms with Gasteiger partial charge >= 0.3 is 0 Å². The van der Waals surface area contributed by atoms with Gasteiger partial charge in [0.25, 0.3) is 5.69 Å². The summed E-state index contributed by atoms with van der Waals surface area (Å²) in [5, 5.41) is 10.1. The molecule has 2 aromatic rings. The number of aryl methyl sites for hydroxylation is 1. The van der Waals surface area contributed by atoms with Gasteiger partial charge in [0.2, 0.25) is 0 Å². The highest BCUT2D eigenvalue weighted by molar-refractivity contribution is 7.91. The first-order valence-electron chi connectivity index (χ1n) is 6.38. The van der Waals surface area contributed by atoms with Crippen LogP contribution in [0.15, 0.2) is 53.4 Å². The molecule has 110 valence electrons. The lowest BCUT2D eigenvalue weighted by Gasteiger charge is -2.13. The third kappa shape index (κ3) is 2.95. The molecule has 5 nitrogen and oxygen atoms in total. The predicted molar refractivity (Wildman–Crippen MR) is 79.9 cm³/mol. The molecule has 0 bridgehead atoms. The van der Waals surface area contributed by atoms with Gasteiger partial charge in [0.05, 0.1) is 15.1 Å². The van der Waals surface area contributed by atoms with Crippen molar-refractivity contribution in [2.24, 2.45) is 0 Å². The molecule has 21 heavy (non-hydrogen) atoms. The molecule has 2 aromatic carbocycles. The molecule has 0 aliphatic heterocycles. The first-order valence-corrected chi connectivity index (χ1v) is 7.92. The van der Waals surface area contributed by atoms with Crippen LogP contribution in [0.5, 0.6) is 0 Å². The molecular formula is C15H15NO4S. The SMILES string of the molecule is Cc1ccc(S(=O)(=O)C(C)c2ccccc2[N+](=O)[O-])cc1. The molecule has 1 atom stereocenters. The fraction of sp³-hybridized carbons (Fsp3) is 0.200. The van der Waals surface area contributed by atoms with Gasteiger partial charge in [-0.25, -0.2) is 8.42 Å². The van der Waals surface area contributed by atoms with E-state index >= 15 is 0 Å². The number of rotatable bonds is 4. The maximum absolute atomic E-state index is 12.6. The van der Waals surface area contributed by atoms with Crippen molar-refractivity contribution in [2.45, 2.75) is 24.0 Å². The Bertz CT molecular complexity index is 767. The van der Waals surface area contributed by atoms with E-state index in [0.29, 0.717) is 0 Å². The molecule has 0 aliphatic rings. The van der Waals surface area contributed by atoms with Crippen molar-refractivity contribution in [3.8, 4) is 0 Å². The van der Waals surface area contributed by atoms with Gasteiger partial charge in [-0.15, -0.1) is 0 Å². The van der Waals surface area contributed by atoms with E-state index in [-0.39, 0.29) is 16.1 Å². The zero-order valence-electron chi connectivity index (χ0n) is 11.7. The fourth-order valence-corrected chi connectivity index (χ4v) is 3.55. The minimum absolute atomic E-state index is 0.166. The molecule has 0 fully saturated rings. The minimum atomic E-state index is -3.67. The summed E-state index contributed by atoms with van der Waals surface area (Å²) in [5.74, 6) is 0. The largest absolute Gasteiger partial charge is 0.273 e. The lowest BCUT2D eigenvalue weighted by atomic mass is 10.1. The van der Waals surface area contributed by atoms with Crippen LogP contribution in [0, 0.1) is 17.0 Å². The summed E-state index contributed by atoms with van der Waals surface area (Å²) in [6.45, 7) is 3.33. The molecule has 0 amide bonds. The summed E-state index contributed by atoms with van der Waals surface area (Å²) >= 11 is 0. The first kappa shape index (κ1) is 15.2. The molecular weight excluding hydrogens is 290 g/mol. The van der Waals surface area contributed by atoms with Gasteiger partial charge in [0.15, 0.2) is 9.84 Å². The molecule has 2 rings (SSSR count). The van der Waals surface area contributed by atoms with Crippen molar-refractivity contribution in [1.82, 2.24) is 0 Å². The third-order valence-electron chi connectivity index (χ3n) is 3.39. The molecule has 0 aliphatic carbocycles. The number of para-hydroxylation sites is 1. The number of hydrogen-bond acceptors (Lipinski definition) is 4. The van der Waals surface area contributed by atoms with E-state index in [1.54, 1.807) is 18.2 Å². The lowest BCUT2D eigenvalue weighted by Crippen LogP contribution is -2.12. The number of nitro benzene ring substituents is 1. The maximum Gasteiger partial charge on any atom is 0.273 e. The fourth-order valence-electron chi connectivity index (χ4n) is 2.10. The summed E-state index contributed by atoms with van der Waals surface area (Å²) in [6, 6.07) is 12.4. The Kier molecular flexibility index (Phi) is 4.09. The number of sulfone groups is 1. The predicted octanol–water partition coefficient (Wildman–Crippen LogP) is 3.44. The standard InChI is InChI=1S/C15H15NO4S/c1-11-7-9-13(10-8-11)21(19,20)12(2)14-5-3-4-6-15(14)16(17)18/h3-10,12H,1-2H3. The number of nitro groups is 1. The van der Waals surface area contributed by atoms with Crippen molar-refractivity contribution in [1.29, 1.82) is 0 Å². The molecule has 0 radical (unpaired) electrons. The average molecular weight is 305 g/mol. The molecule has 0 spiro atoms.